The van der Waals surface area contributed by atoms with E-state index in [-0.39, 0.29) is 22.2 Å². The third kappa shape index (κ3) is 3.47. The zero-order valence-electron chi connectivity index (χ0n) is 12.0. The minimum absolute atomic E-state index is 0.181. The largest absolute Gasteiger partial charge is 0.456 e. The van der Waals surface area contributed by atoms with Crippen molar-refractivity contribution in [3.8, 4) is 0 Å². The molecule has 0 N–H and O–H groups in total. The number of pyridine rings is 1. The molecular weight excluding hydrogens is 403 g/mol. The lowest BCUT2D eigenvalue weighted by Gasteiger charge is -2.07. The van der Waals surface area contributed by atoms with Gasteiger partial charge in [-0.1, -0.05) is 11.6 Å². The summed E-state index contributed by atoms with van der Waals surface area (Å²) in [6.45, 7) is -0.184. The van der Waals surface area contributed by atoms with Crippen LogP contribution in [0.4, 0.5) is 4.39 Å². The molecule has 1 aromatic carbocycles. The first-order chi connectivity index (χ1) is 11.4. The second-order valence-corrected chi connectivity index (χ2v) is 6.15. The SMILES string of the molecule is O=C(OCc1cc(=O)n2cc(Cl)ccc2n1)c1ccc(F)cc1Br. The summed E-state index contributed by atoms with van der Waals surface area (Å²) in [4.78, 5) is 28.3. The van der Waals surface area contributed by atoms with Crippen LogP contribution in [0.15, 0.2) is 51.9 Å². The van der Waals surface area contributed by atoms with E-state index in [2.05, 4.69) is 20.9 Å². The molecule has 0 atom stereocenters. The first-order valence-electron chi connectivity index (χ1n) is 6.74. The van der Waals surface area contributed by atoms with Gasteiger partial charge in [0.1, 0.15) is 18.1 Å². The topological polar surface area (TPSA) is 60.7 Å². The summed E-state index contributed by atoms with van der Waals surface area (Å²) in [7, 11) is 0. The standard InChI is InChI=1S/C16H9BrClFN2O3/c17-13-5-10(19)2-3-12(13)16(23)24-8-11-6-15(22)21-7-9(18)1-4-14(21)20-11/h1-7H,8H2. The fraction of sp³-hybridized carbons (Fsp3) is 0.0625. The molecule has 0 aliphatic carbocycles. The molecule has 0 spiro atoms. The number of nitrogens with zero attached hydrogens (tertiary/aromatic N) is 2. The summed E-state index contributed by atoms with van der Waals surface area (Å²) < 4.78 is 19.8. The Hall–Kier alpha value is -2.25. The van der Waals surface area contributed by atoms with Crippen molar-refractivity contribution in [2.24, 2.45) is 0 Å². The van der Waals surface area contributed by atoms with E-state index in [9.17, 15) is 14.0 Å². The van der Waals surface area contributed by atoms with Crippen LogP contribution in [-0.4, -0.2) is 15.4 Å². The number of carbonyl (C=O) groups is 1. The third-order valence-corrected chi connectivity index (χ3v) is 4.06. The summed E-state index contributed by atoms with van der Waals surface area (Å²) in [5.74, 6) is -1.12. The quantitative estimate of drug-likeness (QED) is 0.618. The third-order valence-electron chi connectivity index (χ3n) is 3.18. The average molecular weight is 412 g/mol. The van der Waals surface area contributed by atoms with Crippen molar-refractivity contribution in [1.82, 2.24) is 9.38 Å². The molecule has 3 aromatic rings. The van der Waals surface area contributed by atoms with E-state index in [4.69, 9.17) is 16.3 Å². The molecule has 0 radical (unpaired) electrons. The Morgan fingerprint density at radius 1 is 1.29 bits per heavy atom. The number of benzene rings is 1. The molecule has 0 aliphatic heterocycles. The van der Waals surface area contributed by atoms with Crippen molar-refractivity contribution in [3.05, 3.63) is 79.5 Å². The number of esters is 1. The number of halogens is 3. The van der Waals surface area contributed by atoms with Crippen LogP contribution in [0, 0.1) is 5.82 Å². The van der Waals surface area contributed by atoms with Crippen LogP contribution >= 0.6 is 27.5 Å². The lowest BCUT2D eigenvalue weighted by molar-refractivity contribution is 0.0466. The van der Waals surface area contributed by atoms with Gasteiger partial charge in [-0.05, 0) is 46.3 Å². The molecule has 0 bridgehead atoms. The molecular formula is C16H9BrClFN2O3. The van der Waals surface area contributed by atoms with Crippen LogP contribution in [0.2, 0.25) is 5.02 Å². The number of fused-ring (bicyclic) bond motifs is 1. The fourth-order valence-corrected chi connectivity index (χ4v) is 2.75. The second kappa shape index (κ2) is 6.70. The molecule has 24 heavy (non-hydrogen) atoms. The van der Waals surface area contributed by atoms with Gasteiger partial charge in [-0.2, -0.15) is 0 Å². The highest BCUT2D eigenvalue weighted by Gasteiger charge is 2.13. The first kappa shape index (κ1) is 16.6. The van der Waals surface area contributed by atoms with Gasteiger partial charge >= 0.3 is 5.97 Å². The van der Waals surface area contributed by atoms with Crippen LogP contribution in [0.25, 0.3) is 5.65 Å². The maximum absolute atomic E-state index is 13.0. The van der Waals surface area contributed by atoms with Crippen LogP contribution in [0.1, 0.15) is 16.1 Å². The molecule has 5 nitrogen and oxygen atoms in total. The first-order valence-corrected chi connectivity index (χ1v) is 7.91. The van der Waals surface area contributed by atoms with E-state index >= 15 is 0 Å². The monoisotopic (exact) mass is 410 g/mol. The number of rotatable bonds is 3. The van der Waals surface area contributed by atoms with Gasteiger partial charge in [-0.25, -0.2) is 14.2 Å². The van der Waals surface area contributed by atoms with Gasteiger partial charge in [-0.15, -0.1) is 0 Å². The van der Waals surface area contributed by atoms with E-state index in [1.54, 1.807) is 12.1 Å². The second-order valence-electron chi connectivity index (χ2n) is 4.86. The smallest absolute Gasteiger partial charge is 0.339 e. The summed E-state index contributed by atoms with van der Waals surface area (Å²) in [5, 5.41) is 0.409. The van der Waals surface area contributed by atoms with E-state index < -0.39 is 11.8 Å². The van der Waals surface area contributed by atoms with Crippen molar-refractivity contribution in [3.63, 3.8) is 0 Å². The highest BCUT2D eigenvalue weighted by atomic mass is 79.9. The lowest BCUT2D eigenvalue weighted by Crippen LogP contribution is -2.16. The molecule has 0 amide bonds. The Balaban J connectivity index is 1.81. The Kier molecular flexibility index (Phi) is 4.64. The lowest BCUT2D eigenvalue weighted by atomic mass is 10.2. The molecule has 3 rings (SSSR count). The van der Waals surface area contributed by atoms with Crippen molar-refractivity contribution >= 4 is 39.1 Å². The van der Waals surface area contributed by atoms with Gasteiger partial charge in [0, 0.05) is 16.7 Å². The molecule has 0 saturated heterocycles. The molecule has 8 heteroatoms. The molecule has 0 unspecified atom stereocenters. The fourth-order valence-electron chi connectivity index (χ4n) is 2.07. The zero-order valence-corrected chi connectivity index (χ0v) is 14.3. The molecule has 2 aromatic heterocycles. The van der Waals surface area contributed by atoms with Crippen LogP contribution < -0.4 is 5.56 Å². The number of hydrogen-bond acceptors (Lipinski definition) is 4. The molecule has 0 aliphatic rings. The molecule has 2 heterocycles. The highest BCUT2D eigenvalue weighted by molar-refractivity contribution is 9.10. The summed E-state index contributed by atoms with van der Waals surface area (Å²) in [5.41, 5.74) is 0.534. The molecule has 122 valence electrons. The Morgan fingerprint density at radius 2 is 2.08 bits per heavy atom. The number of ether oxygens (including phenoxy) is 1. The van der Waals surface area contributed by atoms with E-state index in [1.165, 1.54) is 28.8 Å². The van der Waals surface area contributed by atoms with E-state index in [0.717, 1.165) is 6.07 Å². The van der Waals surface area contributed by atoms with Crippen molar-refractivity contribution in [2.45, 2.75) is 6.61 Å². The highest BCUT2D eigenvalue weighted by Crippen LogP contribution is 2.19. The maximum Gasteiger partial charge on any atom is 0.339 e. The van der Waals surface area contributed by atoms with Crippen molar-refractivity contribution < 1.29 is 13.9 Å². The Morgan fingerprint density at radius 3 is 2.83 bits per heavy atom. The minimum Gasteiger partial charge on any atom is -0.456 e. The van der Waals surface area contributed by atoms with Crippen molar-refractivity contribution in [2.75, 3.05) is 0 Å². The normalized spacial score (nSPS) is 10.8. The number of hydrogen-bond donors (Lipinski definition) is 0. The van der Waals surface area contributed by atoms with Gasteiger partial charge in [0.2, 0.25) is 0 Å². The van der Waals surface area contributed by atoms with Crippen molar-refractivity contribution in [1.29, 1.82) is 0 Å². The molecule has 0 saturated carbocycles. The summed E-state index contributed by atoms with van der Waals surface area (Å²) >= 11 is 8.94. The zero-order chi connectivity index (χ0) is 17.3. The van der Waals surface area contributed by atoms with E-state index in [1.807, 2.05) is 0 Å². The number of carbonyl (C=O) groups excluding carboxylic acids is 1. The maximum atomic E-state index is 13.0. The van der Waals surface area contributed by atoms with Crippen LogP contribution in [-0.2, 0) is 11.3 Å². The van der Waals surface area contributed by atoms with Gasteiger partial charge in [-0.3, -0.25) is 9.20 Å². The summed E-state index contributed by atoms with van der Waals surface area (Å²) in [6, 6.07) is 8.09. The van der Waals surface area contributed by atoms with Gasteiger partial charge in [0.05, 0.1) is 16.3 Å². The number of aromatic nitrogens is 2. The van der Waals surface area contributed by atoms with Gasteiger partial charge in [0.15, 0.2) is 0 Å². The summed E-state index contributed by atoms with van der Waals surface area (Å²) in [6.07, 6.45) is 1.46. The van der Waals surface area contributed by atoms with Gasteiger partial charge < -0.3 is 4.74 Å². The average Bonchev–Trinajstić information content (AvgIpc) is 2.53. The molecule has 0 fully saturated rings. The van der Waals surface area contributed by atoms with Crippen LogP contribution in [0.3, 0.4) is 0 Å². The predicted molar refractivity (Wildman–Crippen MR) is 89.7 cm³/mol. The Labute approximate surface area is 148 Å². The minimum atomic E-state index is -0.653. The van der Waals surface area contributed by atoms with Crippen LogP contribution in [0.5, 0.6) is 0 Å². The van der Waals surface area contributed by atoms with E-state index in [0.29, 0.717) is 16.4 Å². The predicted octanol–water partition coefficient (Wildman–Crippen LogP) is 3.61. The Bertz CT molecular complexity index is 1010. The van der Waals surface area contributed by atoms with Gasteiger partial charge in [0.25, 0.3) is 5.56 Å².